The topological polar surface area (TPSA) is 84.7 Å². The quantitative estimate of drug-likeness (QED) is 0.629. The average molecular weight is 386 g/mol. The van der Waals surface area contributed by atoms with E-state index in [2.05, 4.69) is 21.2 Å². The fourth-order valence-electron chi connectivity index (χ4n) is 2.48. The lowest BCUT2D eigenvalue weighted by molar-refractivity contribution is -0.384. The molecule has 1 aromatic rings. The molecule has 1 aliphatic rings. The van der Waals surface area contributed by atoms with Gasteiger partial charge in [-0.2, -0.15) is 0 Å². The maximum absolute atomic E-state index is 11.8. The summed E-state index contributed by atoms with van der Waals surface area (Å²) in [6, 6.07) is 5.04. The summed E-state index contributed by atoms with van der Waals surface area (Å²) in [5.41, 5.74) is 0.544. The van der Waals surface area contributed by atoms with Crippen molar-refractivity contribution in [2.24, 2.45) is 0 Å². The Morgan fingerprint density at radius 3 is 2.65 bits per heavy atom. The van der Waals surface area contributed by atoms with Crippen LogP contribution in [0.4, 0.5) is 16.2 Å². The van der Waals surface area contributed by atoms with Gasteiger partial charge < -0.3 is 15.0 Å². The van der Waals surface area contributed by atoms with Crippen molar-refractivity contribution in [3.63, 3.8) is 0 Å². The molecule has 0 aromatic heterocycles. The summed E-state index contributed by atoms with van der Waals surface area (Å²) in [5, 5.41) is 14.4. The predicted octanol–water partition coefficient (Wildman–Crippen LogP) is 3.78. The van der Waals surface area contributed by atoms with E-state index in [1.165, 1.54) is 6.07 Å². The van der Waals surface area contributed by atoms with Crippen LogP contribution in [0.25, 0.3) is 0 Å². The van der Waals surface area contributed by atoms with E-state index in [1.807, 2.05) is 13.8 Å². The number of ether oxygens (including phenoxy) is 1. The normalized spacial score (nSPS) is 15.6. The molecule has 0 unspecified atom stereocenters. The molecule has 2 rings (SSSR count). The number of nitrogens with zero attached hydrogens (tertiary/aromatic N) is 2. The zero-order chi connectivity index (χ0) is 17.0. The van der Waals surface area contributed by atoms with Crippen LogP contribution in [0.5, 0.6) is 0 Å². The minimum atomic E-state index is -0.401. The van der Waals surface area contributed by atoms with E-state index in [-0.39, 0.29) is 23.9 Å². The first-order chi connectivity index (χ1) is 10.9. The van der Waals surface area contributed by atoms with Crippen LogP contribution < -0.4 is 5.32 Å². The van der Waals surface area contributed by atoms with Gasteiger partial charge in [0.2, 0.25) is 0 Å². The molecule has 1 N–H and O–H groups in total. The molecule has 1 amide bonds. The number of carbonyl (C=O) groups is 1. The molecule has 1 aliphatic heterocycles. The molecule has 0 saturated carbocycles. The number of benzene rings is 1. The molecule has 1 fully saturated rings. The molecule has 1 heterocycles. The highest BCUT2D eigenvalue weighted by atomic mass is 79.9. The third-order valence-corrected chi connectivity index (χ3v) is 4.10. The third-order valence-electron chi connectivity index (χ3n) is 3.61. The Hall–Kier alpha value is -1.83. The first kappa shape index (κ1) is 17.5. The van der Waals surface area contributed by atoms with E-state index >= 15 is 0 Å². The number of nitrogens with one attached hydrogen (secondary N) is 1. The molecule has 1 aromatic carbocycles. The molecular formula is C15H20BrN3O4. The van der Waals surface area contributed by atoms with E-state index < -0.39 is 4.92 Å². The van der Waals surface area contributed by atoms with Crippen LogP contribution >= 0.6 is 15.9 Å². The van der Waals surface area contributed by atoms with Crippen molar-refractivity contribution in [1.82, 2.24) is 4.90 Å². The summed E-state index contributed by atoms with van der Waals surface area (Å²) >= 11 is 3.24. The molecule has 7 nitrogen and oxygen atoms in total. The number of amides is 1. The summed E-state index contributed by atoms with van der Waals surface area (Å²) in [5.74, 6) is 0. The van der Waals surface area contributed by atoms with Crippen LogP contribution in [0.1, 0.15) is 26.7 Å². The van der Waals surface area contributed by atoms with Crippen molar-refractivity contribution in [3.8, 4) is 0 Å². The van der Waals surface area contributed by atoms with E-state index in [1.54, 1.807) is 17.0 Å². The van der Waals surface area contributed by atoms with Crippen LogP contribution in [0, 0.1) is 10.1 Å². The molecule has 0 aliphatic carbocycles. The van der Waals surface area contributed by atoms with Gasteiger partial charge in [0.15, 0.2) is 0 Å². The third kappa shape index (κ3) is 4.82. The van der Waals surface area contributed by atoms with Crippen LogP contribution in [0.2, 0.25) is 0 Å². The number of hydrogen-bond acceptors (Lipinski definition) is 5. The molecule has 23 heavy (non-hydrogen) atoms. The van der Waals surface area contributed by atoms with Gasteiger partial charge in [-0.25, -0.2) is 4.79 Å². The zero-order valence-corrected chi connectivity index (χ0v) is 14.7. The highest BCUT2D eigenvalue weighted by Gasteiger charge is 2.25. The zero-order valence-electron chi connectivity index (χ0n) is 13.1. The van der Waals surface area contributed by atoms with Crippen molar-refractivity contribution in [2.75, 3.05) is 18.4 Å². The first-order valence-corrected chi connectivity index (χ1v) is 8.32. The molecule has 1 saturated heterocycles. The largest absolute Gasteiger partial charge is 0.447 e. The van der Waals surface area contributed by atoms with Crippen molar-refractivity contribution < 1.29 is 14.5 Å². The van der Waals surface area contributed by atoms with Crippen LogP contribution in [-0.2, 0) is 4.74 Å². The Balaban J connectivity index is 1.94. The molecule has 8 heteroatoms. The number of rotatable bonds is 4. The van der Waals surface area contributed by atoms with Gasteiger partial charge in [-0.15, -0.1) is 0 Å². The van der Waals surface area contributed by atoms with Crippen LogP contribution in [0.3, 0.4) is 0 Å². The van der Waals surface area contributed by atoms with E-state index in [4.69, 9.17) is 4.74 Å². The van der Waals surface area contributed by atoms with Crippen LogP contribution in [-0.4, -0.2) is 41.2 Å². The summed E-state index contributed by atoms with van der Waals surface area (Å²) in [7, 11) is 0. The number of halogens is 1. The molecule has 0 radical (unpaired) electrons. The fraction of sp³-hybridized carbons (Fsp3) is 0.533. The Morgan fingerprint density at radius 2 is 2.09 bits per heavy atom. The summed E-state index contributed by atoms with van der Waals surface area (Å²) in [4.78, 5) is 24.3. The van der Waals surface area contributed by atoms with Gasteiger partial charge in [-0.1, -0.05) is 15.9 Å². The number of piperidine rings is 1. The first-order valence-electron chi connectivity index (χ1n) is 7.53. The monoisotopic (exact) mass is 385 g/mol. The van der Waals surface area contributed by atoms with E-state index in [0.717, 1.165) is 12.8 Å². The Labute approximate surface area is 143 Å². The summed E-state index contributed by atoms with van der Waals surface area (Å²) in [6.07, 6.45) is 1.01. The minimum absolute atomic E-state index is 0.0426. The van der Waals surface area contributed by atoms with Crippen molar-refractivity contribution in [1.29, 1.82) is 0 Å². The number of likely N-dealkylation sites (tertiary alicyclic amines) is 1. The highest BCUT2D eigenvalue weighted by molar-refractivity contribution is 9.10. The van der Waals surface area contributed by atoms with Gasteiger partial charge in [0.05, 0.1) is 11.0 Å². The summed E-state index contributed by atoms with van der Waals surface area (Å²) < 4.78 is 5.85. The maximum Gasteiger partial charge on any atom is 0.410 e. The molecule has 0 atom stereocenters. The van der Waals surface area contributed by atoms with Gasteiger partial charge in [0, 0.05) is 29.7 Å². The van der Waals surface area contributed by atoms with Crippen molar-refractivity contribution in [2.45, 2.75) is 38.8 Å². The van der Waals surface area contributed by atoms with Gasteiger partial charge >= 0.3 is 6.09 Å². The van der Waals surface area contributed by atoms with E-state index in [9.17, 15) is 14.9 Å². The molecule has 0 bridgehead atoms. The second kappa shape index (κ2) is 7.63. The maximum atomic E-state index is 11.8. The van der Waals surface area contributed by atoms with E-state index in [0.29, 0.717) is 23.2 Å². The van der Waals surface area contributed by atoms with Crippen LogP contribution in [0.15, 0.2) is 22.7 Å². The molecular weight excluding hydrogens is 366 g/mol. The van der Waals surface area contributed by atoms with Gasteiger partial charge in [-0.3, -0.25) is 10.1 Å². The lowest BCUT2D eigenvalue weighted by Crippen LogP contribution is -2.43. The smallest absolute Gasteiger partial charge is 0.410 e. The lowest BCUT2D eigenvalue weighted by Gasteiger charge is -2.32. The molecule has 0 spiro atoms. The number of anilines is 1. The summed E-state index contributed by atoms with van der Waals surface area (Å²) in [6.45, 7) is 4.79. The predicted molar refractivity (Wildman–Crippen MR) is 90.6 cm³/mol. The Bertz CT molecular complexity index is 586. The second-order valence-electron chi connectivity index (χ2n) is 5.76. The molecule has 126 valence electrons. The number of nitro benzene ring substituents is 1. The number of carbonyl (C=O) groups excluding carboxylic acids is 1. The number of hydrogen-bond donors (Lipinski definition) is 1. The second-order valence-corrected chi connectivity index (χ2v) is 6.67. The fourth-order valence-corrected chi connectivity index (χ4v) is 2.83. The Morgan fingerprint density at radius 1 is 1.43 bits per heavy atom. The lowest BCUT2D eigenvalue weighted by atomic mass is 10.0. The van der Waals surface area contributed by atoms with Crippen molar-refractivity contribution in [3.05, 3.63) is 32.8 Å². The standard InChI is InChI=1S/C15H20BrN3O4/c1-10(2)23-15(20)18-7-5-12(6-8-18)17-13-4-3-11(16)9-14(13)19(21)22/h3-4,9-10,12,17H,5-8H2,1-2H3. The highest BCUT2D eigenvalue weighted by Crippen LogP contribution is 2.29. The van der Waals surface area contributed by atoms with Crippen molar-refractivity contribution >= 4 is 33.4 Å². The van der Waals surface area contributed by atoms with Gasteiger partial charge in [0.1, 0.15) is 5.69 Å². The number of nitro groups is 1. The minimum Gasteiger partial charge on any atom is -0.447 e. The van der Waals surface area contributed by atoms with Gasteiger partial charge in [-0.05, 0) is 38.8 Å². The average Bonchev–Trinajstić information content (AvgIpc) is 2.49. The Kier molecular flexibility index (Phi) is 5.81. The SMILES string of the molecule is CC(C)OC(=O)N1CCC(Nc2ccc(Br)cc2[N+](=O)[O-])CC1. The van der Waals surface area contributed by atoms with Gasteiger partial charge in [0.25, 0.3) is 5.69 Å².